The van der Waals surface area contributed by atoms with Crippen molar-refractivity contribution in [3.63, 3.8) is 0 Å². The molecule has 0 radical (unpaired) electrons. The fraction of sp³-hybridized carbons (Fsp3) is 0.133. The SMILES string of the molecule is Nc1ccccc1OCC(=O)OCc1ccc(Cl)cc1Cl. The Labute approximate surface area is 132 Å². The van der Waals surface area contributed by atoms with Gasteiger partial charge in [-0.2, -0.15) is 0 Å². The third-order valence-corrected chi connectivity index (χ3v) is 3.26. The lowest BCUT2D eigenvalue weighted by molar-refractivity contribution is -0.147. The average Bonchev–Trinajstić information content (AvgIpc) is 2.45. The van der Waals surface area contributed by atoms with Gasteiger partial charge in [0.05, 0.1) is 5.69 Å². The van der Waals surface area contributed by atoms with E-state index in [1.807, 2.05) is 0 Å². The van der Waals surface area contributed by atoms with Crippen LogP contribution in [-0.4, -0.2) is 12.6 Å². The predicted octanol–water partition coefficient (Wildman–Crippen LogP) is 3.70. The molecule has 0 spiro atoms. The van der Waals surface area contributed by atoms with Crippen molar-refractivity contribution < 1.29 is 14.3 Å². The summed E-state index contributed by atoms with van der Waals surface area (Å²) in [5, 5.41) is 0.974. The molecule has 110 valence electrons. The number of esters is 1. The number of hydrogen-bond acceptors (Lipinski definition) is 4. The van der Waals surface area contributed by atoms with Crippen molar-refractivity contribution in [1.82, 2.24) is 0 Å². The maximum absolute atomic E-state index is 11.6. The Bertz CT molecular complexity index is 647. The largest absolute Gasteiger partial charge is 0.480 e. The zero-order chi connectivity index (χ0) is 15.2. The molecule has 0 aliphatic rings. The minimum atomic E-state index is -0.510. The third kappa shape index (κ3) is 4.55. The van der Waals surface area contributed by atoms with Crippen LogP contribution in [0, 0.1) is 0 Å². The van der Waals surface area contributed by atoms with Gasteiger partial charge in [0.15, 0.2) is 6.61 Å². The second-order valence-corrected chi connectivity index (χ2v) is 5.07. The van der Waals surface area contributed by atoms with Crippen LogP contribution in [-0.2, 0) is 16.1 Å². The summed E-state index contributed by atoms with van der Waals surface area (Å²) in [6, 6.07) is 11.9. The summed E-state index contributed by atoms with van der Waals surface area (Å²) in [6.07, 6.45) is 0. The molecule has 0 bridgehead atoms. The number of carbonyl (C=O) groups is 1. The van der Waals surface area contributed by atoms with Crippen LogP contribution < -0.4 is 10.5 Å². The van der Waals surface area contributed by atoms with Crippen LogP contribution >= 0.6 is 23.2 Å². The van der Waals surface area contributed by atoms with Crippen LogP contribution in [0.15, 0.2) is 42.5 Å². The van der Waals surface area contributed by atoms with Crippen molar-refractivity contribution >= 4 is 34.9 Å². The smallest absolute Gasteiger partial charge is 0.344 e. The summed E-state index contributed by atoms with van der Waals surface area (Å²) >= 11 is 11.8. The highest BCUT2D eigenvalue weighted by Crippen LogP contribution is 2.22. The molecular weight excluding hydrogens is 313 g/mol. The Morgan fingerprint density at radius 2 is 1.90 bits per heavy atom. The molecule has 0 aromatic heterocycles. The van der Waals surface area contributed by atoms with Crippen LogP contribution in [0.2, 0.25) is 10.0 Å². The van der Waals surface area contributed by atoms with Crippen LogP contribution in [0.25, 0.3) is 0 Å². The van der Waals surface area contributed by atoms with E-state index < -0.39 is 5.97 Å². The minimum Gasteiger partial charge on any atom is -0.480 e. The Morgan fingerprint density at radius 3 is 2.62 bits per heavy atom. The molecule has 6 heteroatoms. The average molecular weight is 326 g/mol. The molecule has 4 nitrogen and oxygen atoms in total. The summed E-state index contributed by atoms with van der Waals surface area (Å²) in [5.41, 5.74) is 6.84. The highest BCUT2D eigenvalue weighted by atomic mass is 35.5. The summed E-state index contributed by atoms with van der Waals surface area (Å²) in [7, 11) is 0. The molecule has 0 fully saturated rings. The monoisotopic (exact) mass is 325 g/mol. The molecule has 2 rings (SSSR count). The Kier molecular flexibility index (Phi) is 5.31. The van der Waals surface area contributed by atoms with Crippen molar-refractivity contribution in [1.29, 1.82) is 0 Å². The maximum atomic E-state index is 11.6. The van der Waals surface area contributed by atoms with E-state index in [4.69, 9.17) is 38.4 Å². The van der Waals surface area contributed by atoms with E-state index in [-0.39, 0.29) is 13.2 Å². The zero-order valence-electron chi connectivity index (χ0n) is 11.0. The number of nitrogens with two attached hydrogens (primary N) is 1. The zero-order valence-corrected chi connectivity index (χ0v) is 12.5. The molecule has 0 amide bonds. The quantitative estimate of drug-likeness (QED) is 0.672. The van der Waals surface area contributed by atoms with Crippen molar-refractivity contribution in [3.05, 3.63) is 58.1 Å². The van der Waals surface area contributed by atoms with Gasteiger partial charge in [-0.05, 0) is 24.3 Å². The number of halogens is 2. The number of para-hydroxylation sites is 2. The summed E-state index contributed by atoms with van der Waals surface area (Å²) in [4.78, 5) is 11.6. The van der Waals surface area contributed by atoms with Crippen molar-refractivity contribution in [3.8, 4) is 5.75 Å². The standard InChI is InChI=1S/C15H13Cl2NO3/c16-11-6-5-10(12(17)7-11)8-21-15(19)9-20-14-4-2-1-3-13(14)18/h1-7H,8-9,18H2. The van der Waals surface area contributed by atoms with Gasteiger partial charge in [-0.3, -0.25) is 0 Å². The molecule has 0 saturated carbocycles. The van der Waals surface area contributed by atoms with E-state index in [2.05, 4.69) is 0 Å². The lowest BCUT2D eigenvalue weighted by atomic mass is 10.2. The molecule has 2 N–H and O–H groups in total. The van der Waals surface area contributed by atoms with Gasteiger partial charge in [0.2, 0.25) is 0 Å². The van der Waals surface area contributed by atoms with Gasteiger partial charge in [0, 0.05) is 15.6 Å². The number of nitrogen functional groups attached to an aromatic ring is 1. The Morgan fingerprint density at radius 1 is 1.14 bits per heavy atom. The number of ether oxygens (including phenoxy) is 2. The summed E-state index contributed by atoms with van der Waals surface area (Å²) < 4.78 is 10.4. The van der Waals surface area contributed by atoms with Gasteiger partial charge < -0.3 is 15.2 Å². The Hall–Kier alpha value is -1.91. The molecule has 0 unspecified atom stereocenters. The van der Waals surface area contributed by atoms with E-state index in [1.54, 1.807) is 42.5 Å². The molecular formula is C15H13Cl2NO3. The number of rotatable bonds is 5. The Balaban J connectivity index is 1.84. The van der Waals surface area contributed by atoms with Gasteiger partial charge >= 0.3 is 5.97 Å². The van der Waals surface area contributed by atoms with Gasteiger partial charge in [-0.25, -0.2) is 4.79 Å². The number of carbonyl (C=O) groups excluding carboxylic acids is 1. The van der Waals surface area contributed by atoms with Gasteiger partial charge in [0.1, 0.15) is 12.4 Å². The highest BCUT2D eigenvalue weighted by Gasteiger charge is 2.08. The van der Waals surface area contributed by atoms with E-state index >= 15 is 0 Å². The molecule has 2 aromatic carbocycles. The molecule has 0 aliphatic heterocycles. The molecule has 0 aliphatic carbocycles. The lowest BCUT2D eigenvalue weighted by Crippen LogP contribution is -2.15. The first-order valence-corrected chi connectivity index (χ1v) is 6.88. The first-order chi connectivity index (χ1) is 10.1. The van der Waals surface area contributed by atoms with Gasteiger partial charge in [-0.1, -0.05) is 41.4 Å². The number of benzene rings is 2. The number of anilines is 1. The highest BCUT2D eigenvalue weighted by molar-refractivity contribution is 6.35. The minimum absolute atomic E-state index is 0.0580. The fourth-order valence-corrected chi connectivity index (χ4v) is 2.05. The van der Waals surface area contributed by atoms with E-state index in [9.17, 15) is 4.79 Å². The topological polar surface area (TPSA) is 61.5 Å². The van der Waals surface area contributed by atoms with E-state index in [1.165, 1.54) is 0 Å². The van der Waals surface area contributed by atoms with Crippen molar-refractivity contribution in [2.75, 3.05) is 12.3 Å². The second-order valence-electron chi connectivity index (χ2n) is 4.22. The molecule has 0 saturated heterocycles. The maximum Gasteiger partial charge on any atom is 0.344 e. The third-order valence-electron chi connectivity index (χ3n) is 2.67. The van der Waals surface area contributed by atoms with Gasteiger partial charge in [0.25, 0.3) is 0 Å². The van der Waals surface area contributed by atoms with Crippen LogP contribution in [0.5, 0.6) is 5.75 Å². The predicted molar refractivity (Wildman–Crippen MR) is 82.6 cm³/mol. The normalized spacial score (nSPS) is 10.2. The molecule has 2 aromatic rings. The van der Waals surface area contributed by atoms with Crippen molar-refractivity contribution in [2.45, 2.75) is 6.61 Å². The van der Waals surface area contributed by atoms with Gasteiger partial charge in [-0.15, -0.1) is 0 Å². The van der Waals surface area contributed by atoms with Crippen molar-refractivity contribution in [2.24, 2.45) is 0 Å². The summed E-state index contributed by atoms with van der Waals surface area (Å²) in [6.45, 7) is -0.165. The number of hydrogen-bond donors (Lipinski definition) is 1. The fourth-order valence-electron chi connectivity index (χ4n) is 1.59. The lowest BCUT2D eigenvalue weighted by Gasteiger charge is -2.09. The molecule has 0 heterocycles. The first-order valence-electron chi connectivity index (χ1n) is 6.13. The first kappa shape index (κ1) is 15.5. The van der Waals surface area contributed by atoms with Crippen LogP contribution in [0.1, 0.15) is 5.56 Å². The van der Waals surface area contributed by atoms with E-state index in [0.717, 1.165) is 0 Å². The summed E-state index contributed by atoms with van der Waals surface area (Å²) in [5.74, 6) is -0.0664. The van der Waals surface area contributed by atoms with Crippen LogP contribution in [0.3, 0.4) is 0 Å². The molecule has 21 heavy (non-hydrogen) atoms. The van der Waals surface area contributed by atoms with E-state index in [0.29, 0.717) is 27.0 Å². The second kappa shape index (κ2) is 7.20. The molecule has 0 atom stereocenters. The van der Waals surface area contributed by atoms with Crippen LogP contribution in [0.4, 0.5) is 5.69 Å².